The highest BCUT2D eigenvalue weighted by molar-refractivity contribution is 14.1. The molecule has 0 saturated carbocycles. The first kappa shape index (κ1) is 13.7. The number of halogens is 3. The molecule has 0 radical (unpaired) electrons. The van der Waals surface area contributed by atoms with Crippen molar-refractivity contribution in [2.75, 3.05) is 0 Å². The third-order valence-electron chi connectivity index (χ3n) is 2.54. The molecule has 2 N–H and O–H groups in total. The van der Waals surface area contributed by atoms with Crippen molar-refractivity contribution in [1.82, 2.24) is 0 Å². The molecular weight excluding hydrogens is 369 g/mol. The lowest BCUT2D eigenvalue weighted by Gasteiger charge is -2.08. The molecule has 6 heteroatoms. The number of hydrogen-bond donors (Lipinski definition) is 2. The van der Waals surface area contributed by atoms with E-state index in [1.54, 1.807) is 22.6 Å². The van der Waals surface area contributed by atoms with Crippen molar-refractivity contribution >= 4 is 28.6 Å². The Labute approximate surface area is 120 Å². The van der Waals surface area contributed by atoms with Crippen LogP contribution in [0, 0.1) is 15.2 Å². The Morgan fingerprint density at radius 2 is 1.84 bits per heavy atom. The summed E-state index contributed by atoms with van der Waals surface area (Å²) in [7, 11) is 0. The van der Waals surface area contributed by atoms with E-state index in [1.807, 2.05) is 0 Å². The van der Waals surface area contributed by atoms with Crippen LogP contribution in [-0.2, 0) is 0 Å². The Bertz CT molecular complexity index is 671. The summed E-state index contributed by atoms with van der Waals surface area (Å²) in [6, 6.07) is 5.60. The van der Waals surface area contributed by atoms with Crippen molar-refractivity contribution in [3.8, 4) is 16.9 Å². The van der Waals surface area contributed by atoms with Gasteiger partial charge in [0, 0.05) is 11.6 Å². The molecule has 2 aromatic rings. The fourth-order valence-corrected chi connectivity index (χ4v) is 2.27. The predicted octanol–water partition coefficient (Wildman–Crippen LogP) is 3.64. The van der Waals surface area contributed by atoms with E-state index in [-0.39, 0.29) is 26.0 Å². The van der Waals surface area contributed by atoms with Crippen molar-refractivity contribution in [2.45, 2.75) is 0 Å². The number of aromatic carboxylic acids is 1. The van der Waals surface area contributed by atoms with Crippen molar-refractivity contribution in [2.24, 2.45) is 0 Å². The van der Waals surface area contributed by atoms with Crippen molar-refractivity contribution < 1.29 is 23.8 Å². The minimum Gasteiger partial charge on any atom is -0.506 e. The molecule has 98 valence electrons. The molecule has 19 heavy (non-hydrogen) atoms. The van der Waals surface area contributed by atoms with Crippen LogP contribution in [-0.4, -0.2) is 16.2 Å². The average Bonchev–Trinajstić information content (AvgIpc) is 2.32. The normalized spacial score (nSPS) is 10.5. The van der Waals surface area contributed by atoms with Crippen LogP contribution in [0.5, 0.6) is 5.75 Å². The quantitative estimate of drug-likeness (QED) is 0.787. The first-order valence-electron chi connectivity index (χ1n) is 5.11. The number of phenols is 1. The number of hydrogen-bond acceptors (Lipinski definition) is 2. The van der Waals surface area contributed by atoms with Crippen LogP contribution < -0.4 is 0 Å². The van der Waals surface area contributed by atoms with Gasteiger partial charge in [-0.05, 0) is 52.4 Å². The second-order valence-corrected chi connectivity index (χ2v) is 4.95. The van der Waals surface area contributed by atoms with Gasteiger partial charge in [-0.1, -0.05) is 0 Å². The molecule has 0 amide bonds. The van der Waals surface area contributed by atoms with Gasteiger partial charge in [-0.15, -0.1) is 0 Å². The van der Waals surface area contributed by atoms with Crippen molar-refractivity contribution in [3.05, 3.63) is 51.1 Å². The van der Waals surface area contributed by atoms with Gasteiger partial charge >= 0.3 is 5.97 Å². The van der Waals surface area contributed by atoms with Gasteiger partial charge in [0.15, 0.2) is 0 Å². The minimum absolute atomic E-state index is 0.0711. The lowest BCUT2D eigenvalue weighted by Crippen LogP contribution is -1.99. The van der Waals surface area contributed by atoms with Crippen molar-refractivity contribution in [3.63, 3.8) is 0 Å². The molecule has 0 bridgehead atoms. The largest absolute Gasteiger partial charge is 0.506 e. The van der Waals surface area contributed by atoms with E-state index in [0.717, 1.165) is 18.2 Å². The number of carboxylic acid groups (broad SMARTS) is 1. The van der Waals surface area contributed by atoms with Gasteiger partial charge in [0.1, 0.15) is 22.9 Å². The molecule has 0 atom stereocenters. The van der Waals surface area contributed by atoms with Gasteiger partial charge in [0.25, 0.3) is 0 Å². The Hall–Kier alpha value is -1.70. The van der Waals surface area contributed by atoms with Crippen LogP contribution in [0.25, 0.3) is 11.1 Å². The molecule has 0 fully saturated rings. The van der Waals surface area contributed by atoms with Gasteiger partial charge in [-0.3, -0.25) is 0 Å². The monoisotopic (exact) mass is 376 g/mol. The Morgan fingerprint density at radius 1 is 1.16 bits per heavy atom. The minimum atomic E-state index is -1.32. The summed E-state index contributed by atoms with van der Waals surface area (Å²) >= 11 is 1.74. The fraction of sp³-hybridized carbons (Fsp3) is 0. The lowest BCUT2D eigenvalue weighted by atomic mass is 10.0. The Morgan fingerprint density at radius 3 is 2.42 bits per heavy atom. The molecule has 2 aromatic carbocycles. The molecule has 0 aliphatic carbocycles. The summed E-state index contributed by atoms with van der Waals surface area (Å²) in [4.78, 5) is 11.0. The molecule has 0 spiro atoms. The average molecular weight is 376 g/mol. The van der Waals surface area contributed by atoms with E-state index in [0.29, 0.717) is 0 Å². The van der Waals surface area contributed by atoms with Crippen molar-refractivity contribution in [1.29, 1.82) is 0 Å². The molecule has 2 rings (SSSR count). The molecule has 0 aliphatic heterocycles. The highest BCUT2D eigenvalue weighted by Crippen LogP contribution is 2.32. The number of rotatable bonds is 2. The second-order valence-electron chi connectivity index (χ2n) is 3.78. The summed E-state index contributed by atoms with van der Waals surface area (Å²) in [5.74, 6) is -3.20. The molecule has 0 aromatic heterocycles. The SMILES string of the molecule is O=C(O)c1cc(-c2ccc(F)cc2F)cc(I)c1O. The third-order valence-corrected chi connectivity index (χ3v) is 3.36. The summed E-state index contributed by atoms with van der Waals surface area (Å²) in [5, 5.41) is 18.6. The maximum absolute atomic E-state index is 13.6. The van der Waals surface area contributed by atoms with E-state index >= 15 is 0 Å². The third kappa shape index (κ3) is 2.67. The number of benzene rings is 2. The van der Waals surface area contributed by atoms with Gasteiger partial charge in [-0.25, -0.2) is 13.6 Å². The van der Waals surface area contributed by atoms with E-state index in [1.165, 1.54) is 12.1 Å². The zero-order valence-corrected chi connectivity index (χ0v) is 11.5. The van der Waals surface area contributed by atoms with Crippen LogP contribution >= 0.6 is 22.6 Å². The maximum atomic E-state index is 13.6. The number of aromatic hydroxyl groups is 1. The van der Waals surface area contributed by atoms with Gasteiger partial charge in [-0.2, -0.15) is 0 Å². The van der Waals surface area contributed by atoms with Gasteiger partial charge in [0.2, 0.25) is 0 Å². The zero-order chi connectivity index (χ0) is 14.2. The highest BCUT2D eigenvalue weighted by atomic mass is 127. The zero-order valence-electron chi connectivity index (χ0n) is 9.32. The predicted molar refractivity (Wildman–Crippen MR) is 73.1 cm³/mol. The van der Waals surface area contributed by atoms with E-state index in [4.69, 9.17) is 5.11 Å². The topological polar surface area (TPSA) is 57.5 Å². The van der Waals surface area contributed by atoms with Crippen LogP contribution in [0.15, 0.2) is 30.3 Å². The fourth-order valence-electron chi connectivity index (χ4n) is 1.64. The summed E-state index contributed by atoms with van der Waals surface area (Å²) < 4.78 is 26.8. The molecular formula is C13H7F2IO3. The molecule has 0 saturated heterocycles. The first-order chi connectivity index (χ1) is 8.90. The first-order valence-corrected chi connectivity index (χ1v) is 6.19. The van der Waals surface area contributed by atoms with Gasteiger partial charge < -0.3 is 10.2 Å². The number of carboxylic acids is 1. The van der Waals surface area contributed by atoms with Crippen LogP contribution in [0.4, 0.5) is 8.78 Å². The summed E-state index contributed by atoms with van der Waals surface area (Å²) in [5.41, 5.74) is 0.00420. The molecule has 0 unspecified atom stereocenters. The lowest BCUT2D eigenvalue weighted by molar-refractivity contribution is 0.0693. The van der Waals surface area contributed by atoms with E-state index < -0.39 is 17.6 Å². The molecule has 0 aliphatic rings. The van der Waals surface area contributed by atoms with Gasteiger partial charge in [0.05, 0.1) is 3.57 Å². The van der Waals surface area contributed by atoms with Crippen LogP contribution in [0.1, 0.15) is 10.4 Å². The standard InChI is InChI=1S/C13H7F2IO3/c14-7-1-2-8(10(15)5-7)6-3-9(13(18)19)12(17)11(16)4-6/h1-5,17H,(H,18,19). The summed E-state index contributed by atoms with van der Waals surface area (Å²) in [6.45, 7) is 0. The summed E-state index contributed by atoms with van der Waals surface area (Å²) in [6.07, 6.45) is 0. The maximum Gasteiger partial charge on any atom is 0.339 e. The van der Waals surface area contributed by atoms with E-state index in [9.17, 15) is 18.7 Å². The Balaban J connectivity index is 2.66. The smallest absolute Gasteiger partial charge is 0.339 e. The number of carbonyl (C=O) groups is 1. The van der Waals surface area contributed by atoms with E-state index in [2.05, 4.69) is 0 Å². The van der Waals surface area contributed by atoms with Crippen LogP contribution in [0.3, 0.4) is 0 Å². The van der Waals surface area contributed by atoms with Crippen LogP contribution in [0.2, 0.25) is 0 Å². The molecule has 0 heterocycles. The highest BCUT2D eigenvalue weighted by Gasteiger charge is 2.16. The Kier molecular flexibility index (Phi) is 3.70. The molecule has 3 nitrogen and oxygen atoms in total. The second kappa shape index (κ2) is 5.12.